The Morgan fingerprint density at radius 3 is 2.49 bits per heavy atom. The number of hydrogen-bond donors (Lipinski definition) is 1. The quantitative estimate of drug-likeness (QED) is 0.410. The van der Waals surface area contributed by atoms with Gasteiger partial charge >= 0.3 is 6.18 Å². The highest BCUT2D eigenvalue weighted by Crippen LogP contribution is 2.28. The molecule has 4 heterocycles. The van der Waals surface area contributed by atoms with Crippen LogP contribution in [0.4, 0.5) is 30.5 Å². The number of ether oxygens (including phenoxy) is 1. The van der Waals surface area contributed by atoms with E-state index in [2.05, 4.69) is 39.1 Å². The molecule has 3 aromatic heterocycles. The highest BCUT2D eigenvalue weighted by atomic mass is 19.4. The fourth-order valence-electron chi connectivity index (χ4n) is 4.38. The van der Waals surface area contributed by atoms with Crippen LogP contribution in [-0.4, -0.2) is 51.2 Å². The minimum absolute atomic E-state index is 0.133. The molecule has 0 amide bonds. The molecule has 1 saturated heterocycles. The van der Waals surface area contributed by atoms with Gasteiger partial charge in [0.2, 0.25) is 0 Å². The third-order valence-corrected chi connectivity index (χ3v) is 5.75. The van der Waals surface area contributed by atoms with Crippen LogP contribution in [0, 0.1) is 0 Å². The normalized spacial score (nSPS) is 18.7. The Kier molecular flexibility index (Phi) is 6.06. The van der Waals surface area contributed by atoms with Crippen LogP contribution in [0.25, 0.3) is 22.0 Å². The van der Waals surface area contributed by atoms with Crippen LogP contribution >= 0.6 is 0 Å². The van der Waals surface area contributed by atoms with E-state index in [0.717, 1.165) is 40.4 Å². The Morgan fingerprint density at radius 1 is 0.971 bits per heavy atom. The second kappa shape index (κ2) is 9.18. The predicted octanol–water partition coefficient (Wildman–Crippen LogP) is 5.41. The SMILES string of the molecule is C[C@@H]1CN(c2cc(Nc3cc(-c4ccc5nn(CC(F)(F)F)cc5c4)ccn3)ccn2)C[C@H](C)O1. The number of aromatic nitrogens is 4. The van der Waals surface area contributed by atoms with Crippen molar-refractivity contribution in [2.45, 2.75) is 38.8 Å². The second-order valence-electron chi connectivity index (χ2n) is 8.84. The molecule has 0 aliphatic carbocycles. The average molecular weight is 483 g/mol. The van der Waals surface area contributed by atoms with Crippen molar-refractivity contribution in [3.63, 3.8) is 0 Å². The van der Waals surface area contributed by atoms with Gasteiger partial charge in [-0.3, -0.25) is 4.68 Å². The zero-order valence-corrected chi connectivity index (χ0v) is 19.3. The van der Waals surface area contributed by atoms with Crippen molar-refractivity contribution < 1.29 is 17.9 Å². The third kappa shape index (κ3) is 5.54. The van der Waals surface area contributed by atoms with E-state index in [4.69, 9.17) is 4.74 Å². The summed E-state index contributed by atoms with van der Waals surface area (Å²) in [4.78, 5) is 11.2. The Hall–Kier alpha value is -3.66. The maximum atomic E-state index is 12.7. The van der Waals surface area contributed by atoms with E-state index in [0.29, 0.717) is 16.7 Å². The summed E-state index contributed by atoms with van der Waals surface area (Å²) in [5, 5.41) is 7.99. The molecule has 182 valence electrons. The first kappa shape index (κ1) is 23.1. The van der Waals surface area contributed by atoms with Gasteiger partial charge in [-0.15, -0.1) is 0 Å². The van der Waals surface area contributed by atoms with Crippen LogP contribution in [0.2, 0.25) is 0 Å². The fourth-order valence-corrected chi connectivity index (χ4v) is 4.38. The number of nitrogens with zero attached hydrogens (tertiary/aromatic N) is 5. The van der Waals surface area contributed by atoms with Gasteiger partial charge in [0, 0.05) is 48.8 Å². The van der Waals surface area contributed by atoms with Crippen LogP contribution in [0.5, 0.6) is 0 Å². The van der Waals surface area contributed by atoms with Gasteiger partial charge in [-0.25, -0.2) is 9.97 Å². The summed E-state index contributed by atoms with van der Waals surface area (Å²) in [5.41, 5.74) is 3.12. The van der Waals surface area contributed by atoms with Gasteiger partial charge in [0.1, 0.15) is 18.2 Å². The lowest BCUT2D eigenvalue weighted by Gasteiger charge is -2.36. The lowest BCUT2D eigenvalue weighted by Crippen LogP contribution is -2.45. The number of morpholine rings is 1. The summed E-state index contributed by atoms with van der Waals surface area (Å²) >= 11 is 0. The lowest BCUT2D eigenvalue weighted by atomic mass is 10.1. The van der Waals surface area contributed by atoms with Gasteiger partial charge in [-0.1, -0.05) is 6.07 Å². The van der Waals surface area contributed by atoms with Gasteiger partial charge < -0.3 is 15.0 Å². The van der Waals surface area contributed by atoms with Crippen LogP contribution in [0.1, 0.15) is 13.8 Å². The van der Waals surface area contributed by atoms with Gasteiger partial charge in [0.15, 0.2) is 0 Å². The van der Waals surface area contributed by atoms with E-state index >= 15 is 0 Å². The van der Waals surface area contributed by atoms with Crippen LogP contribution in [-0.2, 0) is 11.3 Å². The van der Waals surface area contributed by atoms with Crippen molar-refractivity contribution in [1.82, 2.24) is 19.7 Å². The molecule has 1 aliphatic heterocycles. The minimum atomic E-state index is -4.32. The number of halogens is 3. The molecular formula is C25H25F3N6O. The van der Waals surface area contributed by atoms with Gasteiger partial charge in [0.25, 0.3) is 0 Å². The summed E-state index contributed by atoms with van der Waals surface area (Å²) in [6.45, 7) is 4.54. The number of fused-ring (bicyclic) bond motifs is 1. The molecule has 10 heteroatoms. The Morgan fingerprint density at radius 2 is 1.71 bits per heavy atom. The Balaban J connectivity index is 1.35. The van der Waals surface area contributed by atoms with Crippen LogP contribution in [0.15, 0.2) is 61.1 Å². The average Bonchev–Trinajstić information content (AvgIpc) is 3.18. The molecule has 1 N–H and O–H groups in total. The molecule has 35 heavy (non-hydrogen) atoms. The first-order valence-corrected chi connectivity index (χ1v) is 11.4. The van der Waals surface area contributed by atoms with Gasteiger partial charge in [-0.2, -0.15) is 18.3 Å². The molecule has 0 unspecified atom stereocenters. The predicted molar refractivity (Wildman–Crippen MR) is 129 cm³/mol. The molecule has 7 nitrogen and oxygen atoms in total. The molecule has 0 bridgehead atoms. The molecule has 0 saturated carbocycles. The number of rotatable bonds is 5. The third-order valence-electron chi connectivity index (χ3n) is 5.75. The summed E-state index contributed by atoms with van der Waals surface area (Å²) in [7, 11) is 0. The molecular weight excluding hydrogens is 457 g/mol. The van der Waals surface area contributed by atoms with Crippen molar-refractivity contribution in [2.24, 2.45) is 0 Å². The van der Waals surface area contributed by atoms with Gasteiger partial charge in [-0.05, 0) is 55.3 Å². The van der Waals surface area contributed by atoms with E-state index in [-0.39, 0.29) is 12.2 Å². The monoisotopic (exact) mass is 482 g/mol. The zero-order chi connectivity index (χ0) is 24.6. The topological polar surface area (TPSA) is 68.1 Å². The Labute approximate surface area is 200 Å². The van der Waals surface area contributed by atoms with E-state index in [1.807, 2.05) is 36.4 Å². The van der Waals surface area contributed by atoms with E-state index in [1.54, 1.807) is 18.5 Å². The first-order chi connectivity index (χ1) is 16.7. The molecule has 5 rings (SSSR count). The number of alkyl halides is 3. The highest BCUT2D eigenvalue weighted by Gasteiger charge is 2.28. The molecule has 1 aromatic carbocycles. The first-order valence-electron chi connectivity index (χ1n) is 11.4. The number of hydrogen-bond acceptors (Lipinski definition) is 6. The number of pyridine rings is 2. The largest absolute Gasteiger partial charge is 0.408 e. The lowest BCUT2D eigenvalue weighted by molar-refractivity contribution is -0.142. The summed E-state index contributed by atoms with van der Waals surface area (Å²) in [6, 6.07) is 13.0. The second-order valence-corrected chi connectivity index (χ2v) is 8.84. The van der Waals surface area contributed by atoms with Crippen LogP contribution < -0.4 is 10.2 Å². The number of anilines is 3. The highest BCUT2D eigenvalue weighted by molar-refractivity contribution is 5.84. The van der Waals surface area contributed by atoms with E-state index < -0.39 is 12.7 Å². The summed E-state index contributed by atoms with van der Waals surface area (Å²) in [5.74, 6) is 1.52. The minimum Gasteiger partial charge on any atom is -0.372 e. The molecule has 4 aromatic rings. The standard InChI is InChI=1S/C25H25F3N6O/c1-16-12-33(13-17(2)35-16)24-11-21(6-8-30-24)31-23-10-19(5-7-29-23)18-3-4-22-20(9-18)14-34(32-22)15-25(26,27)28/h3-11,14,16-17H,12-13,15H2,1-2H3,(H,29,30,31)/t16-,17+. The maximum Gasteiger partial charge on any atom is 0.408 e. The van der Waals surface area contributed by atoms with Crippen molar-refractivity contribution in [2.75, 3.05) is 23.3 Å². The van der Waals surface area contributed by atoms with Crippen molar-refractivity contribution >= 4 is 28.2 Å². The fraction of sp³-hybridized carbons (Fsp3) is 0.320. The molecule has 2 atom stereocenters. The number of nitrogens with one attached hydrogen (secondary N) is 1. The summed E-state index contributed by atoms with van der Waals surface area (Å²) < 4.78 is 44.9. The smallest absolute Gasteiger partial charge is 0.372 e. The van der Waals surface area contributed by atoms with Gasteiger partial charge in [0.05, 0.1) is 17.7 Å². The van der Waals surface area contributed by atoms with Crippen molar-refractivity contribution in [3.05, 3.63) is 61.1 Å². The number of benzene rings is 1. The zero-order valence-electron chi connectivity index (χ0n) is 19.3. The molecule has 1 fully saturated rings. The summed E-state index contributed by atoms with van der Waals surface area (Å²) in [6.07, 6.45) is 0.823. The van der Waals surface area contributed by atoms with Crippen molar-refractivity contribution in [1.29, 1.82) is 0 Å². The van der Waals surface area contributed by atoms with E-state index in [1.165, 1.54) is 6.20 Å². The Bertz CT molecular complexity index is 1330. The maximum absolute atomic E-state index is 12.7. The molecule has 0 radical (unpaired) electrons. The van der Waals surface area contributed by atoms with E-state index in [9.17, 15) is 13.2 Å². The van der Waals surface area contributed by atoms with Crippen molar-refractivity contribution in [3.8, 4) is 11.1 Å². The van der Waals surface area contributed by atoms with Crippen LogP contribution in [0.3, 0.4) is 0 Å². The molecule has 1 aliphatic rings. The molecule has 0 spiro atoms.